The number of para-hydroxylation sites is 1. The summed E-state index contributed by atoms with van der Waals surface area (Å²) in [6.07, 6.45) is 3.94. The molecular formula is C19H19N3O2. The highest BCUT2D eigenvalue weighted by molar-refractivity contribution is 5.97. The number of hydrogen-bond acceptors (Lipinski definition) is 3. The summed E-state index contributed by atoms with van der Waals surface area (Å²) in [5, 5.41) is 14.9. The van der Waals surface area contributed by atoms with E-state index in [9.17, 15) is 9.90 Å². The lowest BCUT2D eigenvalue weighted by atomic mass is 10.00. The number of aryl methyl sites for hydroxylation is 2. The summed E-state index contributed by atoms with van der Waals surface area (Å²) in [5.74, 6) is -0.900. The first-order valence-corrected chi connectivity index (χ1v) is 7.84. The van der Waals surface area contributed by atoms with Crippen molar-refractivity contribution in [2.24, 2.45) is 7.05 Å². The molecule has 0 amide bonds. The lowest BCUT2D eigenvalue weighted by Crippen LogP contribution is -2.00. The van der Waals surface area contributed by atoms with Gasteiger partial charge in [0.2, 0.25) is 0 Å². The highest BCUT2D eigenvalue weighted by atomic mass is 16.4. The molecule has 5 heteroatoms. The predicted molar refractivity (Wildman–Crippen MR) is 94.6 cm³/mol. The van der Waals surface area contributed by atoms with Crippen molar-refractivity contribution in [3.8, 4) is 11.3 Å². The Labute approximate surface area is 140 Å². The zero-order valence-electron chi connectivity index (χ0n) is 13.9. The van der Waals surface area contributed by atoms with Crippen LogP contribution in [0.15, 0.2) is 42.1 Å². The van der Waals surface area contributed by atoms with E-state index >= 15 is 0 Å². The lowest BCUT2D eigenvalue weighted by molar-refractivity contribution is -0.132. The summed E-state index contributed by atoms with van der Waals surface area (Å²) in [6, 6.07) is 9.90. The van der Waals surface area contributed by atoms with Gasteiger partial charge in [0, 0.05) is 35.3 Å². The first-order chi connectivity index (χ1) is 11.5. The van der Waals surface area contributed by atoms with Gasteiger partial charge in [-0.1, -0.05) is 31.2 Å². The molecular weight excluding hydrogens is 302 g/mol. The molecule has 0 aliphatic rings. The summed E-state index contributed by atoms with van der Waals surface area (Å²) in [7, 11) is 1.87. The SMILES string of the molecule is CC/C(=C\c1c(C)nn(C)c1-c1cccc2cccnc12)C(=O)O. The molecule has 0 bridgehead atoms. The Hall–Kier alpha value is -2.95. The van der Waals surface area contributed by atoms with E-state index in [4.69, 9.17) is 0 Å². The molecule has 0 aliphatic heterocycles. The number of fused-ring (bicyclic) bond motifs is 1. The van der Waals surface area contributed by atoms with Crippen molar-refractivity contribution in [2.45, 2.75) is 20.3 Å². The second-order valence-corrected chi connectivity index (χ2v) is 5.68. The fourth-order valence-corrected chi connectivity index (χ4v) is 2.95. The average molecular weight is 321 g/mol. The quantitative estimate of drug-likeness (QED) is 0.742. The molecule has 0 fully saturated rings. The maximum absolute atomic E-state index is 11.4. The molecule has 0 saturated heterocycles. The molecule has 0 spiro atoms. The van der Waals surface area contributed by atoms with E-state index in [0.717, 1.165) is 33.4 Å². The highest BCUT2D eigenvalue weighted by Crippen LogP contribution is 2.32. The lowest BCUT2D eigenvalue weighted by Gasteiger charge is -2.08. The Balaban J connectivity index is 2.31. The van der Waals surface area contributed by atoms with Gasteiger partial charge in [-0.15, -0.1) is 0 Å². The van der Waals surface area contributed by atoms with Crippen molar-refractivity contribution < 1.29 is 9.90 Å². The van der Waals surface area contributed by atoms with Gasteiger partial charge in [-0.2, -0.15) is 5.10 Å². The van der Waals surface area contributed by atoms with Gasteiger partial charge in [0.05, 0.1) is 16.9 Å². The number of carbonyl (C=O) groups is 1. The van der Waals surface area contributed by atoms with Gasteiger partial charge in [0.15, 0.2) is 0 Å². The van der Waals surface area contributed by atoms with Gasteiger partial charge in [-0.25, -0.2) is 4.79 Å². The normalized spacial score (nSPS) is 11.9. The number of benzene rings is 1. The summed E-state index contributed by atoms with van der Waals surface area (Å²) in [4.78, 5) is 15.9. The second-order valence-electron chi connectivity index (χ2n) is 5.68. The Bertz CT molecular complexity index is 949. The molecule has 1 aromatic carbocycles. The summed E-state index contributed by atoms with van der Waals surface area (Å²) in [6.45, 7) is 3.73. The molecule has 0 atom stereocenters. The maximum Gasteiger partial charge on any atom is 0.331 e. The molecule has 0 saturated carbocycles. The van der Waals surface area contributed by atoms with E-state index in [2.05, 4.69) is 10.1 Å². The summed E-state index contributed by atoms with van der Waals surface area (Å²) < 4.78 is 1.79. The maximum atomic E-state index is 11.4. The molecule has 3 rings (SSSR count). The van der Waals surface area contributed by atoms with Crippen LogP contribution in [0.4, 0.5) is 0 Å². The number of nitrogens with zero attached hydrogens (tertiary/aromatic N) is 3. The van der Waals surface area contributed by atoms with Crippen molar-refractivity contribution in [1.29, 1.82) is 0 Å². The van der Waals surface area contributed by atoms with Gasteiger partial charge in [0.1, 0.15) is 0 Å². The van der Waals surface area contributed by atoms with Crippen molar-refractivity contribution in [3.05, 3.63) is 53.4 Å². The van der Waals surface area contributed by atoms with E-state index in [1.807, 2.05) is 51.2 Å². The van der Waals surface area contributed by atoms with E-state index in [0.29, 0.717) is 12.0 Å². The van der Waals surface area contributed by atoms with E-state index in [1.54, 1.807) is 17.0 Å². The molecule has 0 aliphatic carbocycles. The summed E-state index contributed by atoms with van der Waals surface area (Å²) in [5.41, 5.74) is 4.70. The van der Waals surface area contributed by atoms with Crippen LogP contribution in [-0.4, -0.2) is 25.8 Å². The molecule has 2 aromatic heterocycles. The number of hydrogen-bond donors (Lipinski definition) is 1. The monoisotopic (exact) mass is 321 g/mol. The van der Waals surface area contributed by atoms with Crippen LogP contribution in [0.2, 0.25) is 0 Å². The fourth-order valence-electron chi connectivity index (χ4n) is 2.95. The number of pyridine rings is 1. The average Bonchev–Trinajstić information content (AvgIpc) is 2.85. The van der Waals surface area contributed by atoms with Crippen LogP contribution in [0.1, 0.15) is 24.6 Å². The highest BCUT2D eigenvalue weighted by Gasteiger charge is 2.18. The third kappa shape index (κ3) is 2.69. The van der Waals surface area contributed by atoms with E-state index < -0.39 is 5.97 Å². The zero-order chi connectivity index (χ0) is 17.3. The molecule has 1 N–H and O–H groups in total. The molecule has 24 heavy (non-hydrogen) atoms. The van der Waals surface area contributed by atoms with Crippen molar-refractivity contribution >= 4 is 22.9 Å². The van der Waals surface area contributed by atoms with Gasteiger partial charge < -0.3 is 5.11 Å². The van der Waals surface area contributed by atoms with Gasteiger partial charge in [-0.05, 0) is 25.5 Å². The number of aromatic nitrogens is 3. The minimum Gasteiger partial charge on any atom is -0.478 e. The summed E-state index contributed by atoms with van der Waals surface area (Å²) >= 11 is 0. The largest absolute Gasteiger partial charge is 0.478 e. The van der Waals surface area contributed by atoms with Crippen LogP contribution in [0.5, 0.6) is 0 Å². The molecule has 3 aromatic rings. The number of carboxylic acids is 1. The van der Waals surface area contributed by atoms with Crippen molar-refractivity contribution in [1.82, 2.24) is 14.8 Å². The number of carboxylic acid groups (broad SMARTS) is 1. The van der Waals surface area contributed by atoms with Crippen LogP contribution in [0.3, 0.4) is 0 Å². The van der Waals surface area contributed by atoms with Gasteiger partial charge in [-0.3, -0.25) is 9.67 Å². The van der Waals surface area contributed by atoms with Gasteiger partial charge >= 0.3 is 5.97 Å². The second kappa shape index (κ2) is 6.28. The van der Waals surface area contributed by atoms with Crippen LogP contribution >= 0.6 is 0 Å². The third-order valence-corrected chi connectivity index (χ3v) is 4.13. The Morgan fingerprint density at radius 1 is 1.29 bits per heavy atom. The topological polar surface area (TPSA) is 68.0 Å². The minimum atomic E-state index is -0.900. The Morgan fingerprint density at radius 2 is 2.04 bits per heavy atom. The first-order valence-electron chi connectivity index (χ1n) is 7.84. The van der Waals surface area contributed by atoms with E-state index in [1.165, 1.54) is 0 Å². The van der Waals surface area contributed by atoms with Crippen LogP contribution in [0, 0.1) is 6.92 Å². The van der Waals surface area contributed by atoms with Crippen LogP contribution in [0.25, 0.3) is 28.2 Å². The smallest absolute Gasteiger partial charge is 0.331 e. The van der Waals surface area contributed by atoms with Crippen molar-refractivity contribution in [2.75, 3.05) is 0 Å². The fraction of sp³-hybridized carbons (Fsp3) is 0.211. The Morgan fingerprint density at radius 3 is 2.75 bits per heavy atom. The number of aliphatic carboxylic acids is 1. The molecule has 122 valence electrons. The predicted octanol–water partition coefficient (Wildman–Crippen LogP) is 3.82. The van der Waals surface area contributed by atoms with Gasteiger partial charge in [0.25, 0.3) is 0 Å². The Kier molecular flexibility index (Phi) is 4.16. The number of rotatable bonds is 4. The molecule has 0 radical (unpaired) electrons. The molecule has 5 nitrogen and oxygen atoms in total. The minimum absolute atomic E-state index is 0.362. The van der Waals surface area contributed by atoms with Crippen molar-refractivity contribution in [3.63, 3.8) is 0 Å². The standard InChI is InChI=1S/C19H19N3O2/c1-4-13(19(23)24)11-16-12(2)21-22(3)18(16)15-9-5-7-14-8-6-10-20-17(14)15/h5-11H,4H2,1-3H3,(H,23,24)/b13-11+. The third-order valence-electron chi connectivity index (χ3n) is 4.13. The first kappa shape index (κ1) is 15.9. The molecule has 0 unspecified atom stereocenters. The van der Waals surface area contributed by atoms with E-state index in [-0.39, 0.29) is 0 Å². The van der Waals surface area contributed by atoms with Crippen LogP contribution in [-0.2, 0) is 11.8 Å². The van der Waals surface area contributed by atoms with Crippen LogP contribution < -0.4 is 0 Å². The zero-order valence-corrected chi connectivity index (χ0v) is 13.9. The molecule has 2 heterocycles.